The van der Waals surface area contributed by atoms with Crippen molar-refractivity contribution in [1.29, 1.82) is 0 Å². The summed E-state index contributed by atoms with van der Waals surface area (Å²) in [7, 11) is -3.70. The number of amides is 2. The van der Waals surface area contributed by atoms with Crippen molar-refractivity contribution in [3.63, 3.8) is 0 Å². The minimum absolute atomic E-state index is 0.0951. The molecular weight excluding hydrogens is 426 g/mol. The van der Waals surface area contributed by atoms with Crippen molar-refractivity contribution in [2.45, 2.75) is 57.5 Å². The highest BCUT2D eigenvalue weighted by molar-refractivity contribution is 7.89. The van der Waals surface area contributed by atoms with Crippen LogP contribution in [0.1, 0.15) is 56.0 Å². The molecule has 0 heterocycles. The van der Waals surface area contributed by atoms with E-state index in [-0.39, 0.29) is 29.3 Å². The zero-order valence-corrected chi connectivity index (χ0v) is 19.5. The lowest BCUT2D eigenvalue weighted by Crippen LogP contribution is -2.43. The van der Waals surface area contributed by atoms with Crippen molar-refractivity contribution in [2.75, 3.05) is 5.32 Å². The highest BCUT2D eigenvalue weighted by atomic mass is 32.2. The number of anilines is 1. The Labute approximate surface area is 190 Å². The molecule has 2 aromatic carbocycles. The minimum atomic E-state index is -3.70. The largest absolute Gasteiger partial charge is 0.349 e. The fourth-order valence-electron chi connectivity index (χ4n) is 3.99. The van der Waals surface area contributed by atoms with Crippen LogP contribution in [-0.4, -0.2) is 26.3 Å². The number of benzene rings is 2. The van der Waals surface area contributed by atoms with Crippen LogP contribution in [-0.2, 0) is 21.4 Å². The van der Waals surface area contributed by atoms with Gasteiger partial charge in [-0.15, -0.1) is 0 Å². The van der Waals surface area contributed by atoms with E-state index in [1.165, 1.54) is 37.6 Å². The second-order valence-electron chi connectivity index (χ2n) is 8.57. The number of nitrogens with one attached hydrogen (secondary N) is 3. The molecule has 0 radical (unpaired) electrons. The predicted molar refractivity (Wildman–Crippen MR) is 125 cm³/mol. The average molecular weight is 458 g/mol. The molecule has 0 spiro atoms. The van der Waals surface area contributed by atoms with Gasteiger partial charge in [-0.2, -0.15) is 0 Å². The molecule has 0 aliphatic heterocycles. The highest BCUT2D eigenvalue weighted by Crippen LogP contribution is 2.29. The third kappa shape index (κ3) is 6.17. The van der Waals surface area contributed by atoms with Crippen LogP contribution >= 0.6 is 0 Å². The molecule has 3 N–H and O–H groups in total. The number of hydrogen-bond donors (Lipinski definition) is 3. The molecule has 1 aliphatic rings. The lowest BCUT2D eigenvalue weighted by atomic mass is 9.78. The van der Waals surface area contributed by atoms with Gasteiger partial charge < -0.3 is 10.6 Å². The second kappa shape index (κ2) is 10.3. The maximum atomic E-state index is 12.6. The highest BCUT2D eigenvalue weighted by Gasteiger charge is 2.28. The van der Waals surface area contributed by atoms with E-state index in [9.17, 15) is 18.0 Å². The quantitative estimate of drug-likeness (QED) is 0.590. The molecule has 0 bridgehead atoms. The summed E-state index contributed by atoms with van der Waals surface area (Å²) in [5, 5.41) is 5.75. The van der Waals surface area contributed by atoms with Crippen LogP contribution < -0.4 is 15.4 Å². The molecule has 1 saturated carbocycles. The SMILES string of the molecule is CC(=O)Nc1ccc(S(=O)(=O)NCc2ccc(C(=O)N[C@@H]3CCC[C@H](C)[C@H]3C)cc2)cc1. The molecule has 3 atom stereocenters. The molecular formula is C24H31N3O4S. The van der Waals surface area contributed by atoms with Crippen molar-refractivity contribution in [1.82, 2.24) is 10.0 Å². The first-order valence-electron chi connectivity index (χ1n) is 10.9. The second-order valence-corrected chi connectivity index (χ2v) is 10.3. The van der Waals surface area contributed by atoms with E-state index in [0.29, 0.717) is 23.1 Å². The average Bonchev–Trinajstić information content (AvgIpc) is 2.76. The molecule has 2 amide bonds. The summed E-state index contributed by atoms with van der Waals surface area (Å²) in [5.74, 6) is 0.737. The van der Waals surface area contributed by atoms with Crippen LogP contribution in [0.5, 0.6) is 0 Å². The van der Waals surface area contributed by atoms with Crippen molar-refractivity contribution < 1.29 is 18.0 Å². The number of rotatable bonds is 7. The van der Waals surface area contributed by atoms with E-state index in [1.807, 2.05) is 0 Å². The van der Waals surface area contributed by atoms with Crippen molar-refractivity contribution >= 4 is 27.5 Å². The maximum absolute atomic E-state index is 12.6. The standard InChI is InChI=1S/C24H31N3O4S/c1-16-5-4-6-23(17(16)2)27-24(29)20-9-7-19(8-10-20)15-25-32(30,31)22-13-11-21(12-14-22)26-18(3)28/h7-14,16-17,23,25H,4-6,15H2,1-3H3,(H,26,28)(H,27,29)/t16-,17+,23+/m0/s1. The number of carbonyl (C=O) groups is 2. The van der Waals surface area contributed by atoms with Crippen molar-refractivity contribution in [2.24, 2.45) is 11.8 Å². The maximum Gasteiger partial charge on any atom is 0.251 e. The first-order valence-corrected chi connectivity index (χ1v) is 12.4. The Kier molecular flexibility index (Phi) is 7.69. The van der Waals surface area contributed by atoms with Crippen LogP contribution in [0.2, 0.25) is 0 Å². The molecule has 3 rings (SSSR count). The molecule has 8 heteroatoms. The van der Waals surface area contributed by atoms with Gasteiger partial charge in [0.05, 0.1) is 4.90 Å². The molecule has 0 unspecified atom stereocenters. The van der Waals surface area contributed by atoms with Gasteiger partial charge in [-0.05, 0) is 60.2 Å². The van der Waals surface area contributed by atoms with Gasteiger partial charge in [-0.25, -0.2) is 13.1 Å². The minimum Gasteiger partial charge on any atom is -0.349 e. The Balaban J connectivity index is 1.57. The van der Waals surface area contributed by atoms with Gasteiger partial charge in [-0.3, -0.25) is 9.59 Å². The molecule has 1 aliphatic carbocycles. The lowest BCUT2D eigenvalue weighted by molar-refractivity contribution is -0.114. The summed E-state index contributed by atoms with van der Waals surface area (Å²) >= 11 is 0. The first-order chi connectivity index (χ1) is 15.2. The Hall–Kier alpha value is -2.71. The van der Waals surface area contributed by atoms with E-state index in [1.54, 1.807) is 24.3 Å². The Morgan fingerprint density at radius 3 is 2.25 bits per heavy atom. The van der Waals surface area contributed by atoms with Gasteiger partial charge in [0.25, 0.3) is 5.91 Å². The number of carbonyl (C=O) groups excluding carboxylic acids is 2. The summed E-state index contributed by atoms with van der Waals surface area (Å²) in [6, 6.07) is 13.1. The molecule has 1 fully saturated rings. The summed E-state index contributed by atoms with van der Waals surface area (Å²) in [6.45, 7) is 5.92. The van der Waals surface area contributed by atoms with Crippen LogP contribution in [0.4, 0.5) is 5.69 Å². The monoisotopic (exact) mass is 457 g/mol. The molecule has 172 valence electrons. The molecule has 2 aromatic rings. The van der Waals surface area contributed by atoms with Gasteiger partial charge in [0.15, 0.2) is 0 Å². The van der Waals surface area contributed by atoms with Gasteiger partial charge in [0, 0.05) is 30.8 Å². The Morgan fingerprint density at radius 1 is 0.969 bits per heavy atom. The first kappa shape index (κ1) is 23.9. The van der Waals surface area contributed by atoms with Gasteiger partial charge in [0.2, 0.25) is 15.9 Å². The zero-order chi connectivity index (χ0) is 23.3. The Morgan fingerprint density at radius 2 is 1.62 bits per heavy atom. The molecule has 32 heavy (non-hydrogen) atoms. The van der Waals surface area contributed by atoms with E-state index in [2.05, 4.69) is 29.2 Å². The third-order valence-corrected chi connectivity index (χ3v) is 7.61. The van der Waals surface area contributed by atoms with Gasteiger partial charge in [0.1, 0.15) is 0 Å². The summed E-state index contributed by atoms with van der Waals surface area (Å²) in [6.07, 6.45) is 3.34. The van der Waals surface area contributed by atoms with E-state index < -0.39 is 10.0 Å². The molecule has 7 nitrogen and oxygen atoms in total. The van der Waals surface area contributed by atoms with Crippen LogP contribution in [0, 0.1) is 11.8 Å². The Bertz CT molecular complexity index is 1050. The van der Waals surface area contributed by atoms with Crippen LogP contribution in [0.15, 0.2) is 53.4 Å². The molecule has 0 aromatic heterocycles. The summed E-state index contributed by atoms with van der Waals surface area (Å²) in [5.41, 5.74) is 1.85. The van der Waals surface area contributed by atoms with Crippen LogP contribution in [0.3, 0.4) is 0 Å². The number of sulfonamides is 1. The fourth-order valence-corrected chi connectivity index (χ4v) is 5.01. The van der Waals surface area contributed by atoms with E-state index >= 15 is 0 Å². The summed E-state index contributed by atoms with van der Waals surface area (Å²) in [4.78, 5) is 23.8. The van der Waals surface area contributed by atoms with E-state index in [0.717, 1.165) is 18.4 Å². The van der Waals surface area contributed by atoms with Crippen LogP contribution in [0.25, 0.3) is 0 Å². The fraction of sp³-hybridized carbons (Fsp3) is 0.417. The predicted octanol–water partition coefficient (Wildman–Crippen LogP) is 3.68. The summed E-state index contributed by atoms with van der Waals surface area (Å²) < 4.78 is 27.6. The normalized spacial score (nSPS) is 21.0. The van der Waals surface area contributed by atoms with E-state index in [4.69, 9.17) is 0 Å². The lowest BCUT2D eigenvalue weighted by Gasteiger charge is -2.34. The third-order valence-electron chi connectivity index (χ3n) is 6.19. The van der Waals surface area contributed by atoms with Gasteiger partial charge >= 0.3 is 0 Å². The smallest absolute Gasteiger partial charge is 0.251 e. The number of hydrogen-bond acceptors (Lipinski definition) is 4. The molecule has 0 saturated heterocycles. The van der Waals surface area contributed by atoms with Crippen molar-refractivity contribution in [3.05, 3.63) is 59.7 Å². The zero-order valence-electron chi connectivity index (χ0n) is 18.7. The topological polar surface area (TPSA) is 104 Å². The van der Waals surface area contributed by atoms with Gasteiger partial charge in [-0.1, -0.05) is 38.8 Å². The van der Waals surface area contributed by atoms with Crippen molar-refractivity contribution in [3.8, 4) is 0 Å².